The second kappa shape index (κ2) is 9.32. The molecule has 3 aliphatic carbocycles. The number of aliphatic hydroxyl groups excluding tert-OH is 1. The van der Waals surface area contributed by atoms with Crippen LogP contribution in [-0.4, -0.2) is 47.9 Å². The van der Waals surface area contributed by atoms with Crippen molar-refractivity contribution in [1.82, 2.24) is 10.6 Å². The monoisotopic (exact) mass is 502 g/mol. The first-order valence-corrected chi connectivity index (χ1v) is 12.0. The van der Waals surface area contributed by atoms with Crippen molar-refractivity contribution in [2.45, 2.75) is 81.8 Å². The lowest BCUT2D eigenvalue weighted by atomic mass is 9.74. The fraction of sp³-hybridized carbons (Fsp3) is 0.667. The number of nitrogens with one attached hydrogen (secondary N) is 2. The maximum atomic E-state index is 15.1. The van der Waals surface area contributed by atoms with Crippen LogP contribution in [0.1, 0.15) is 63.5 Å². The smallest absolute Gasteiger partial charge is 0.249 e. The van der Waals surface area contributed by atoms with E-state index in [2.05, 4.69) is 10.6 Å². The molecule has 3 fully saturated rings. The highest BCUT2D eigenvalue weighted by Gasteiger charge is 2.59. The third-order valence-corrected chi connectivity index (χ3v) is 8.32. The van der Waals surface area contributed by atoms with Crippen LogP contribution in [-0.2, 0) is 14.3 Å². The number of hydrogen-bond donors (Lipinski definition) is 3. The van der Waals surface area contributed by atoms with E-state index in [0.717, 1.165) is 12.1 Å². The highest BCUT2D eigenvalue weighted by Crippen LogP contribution is 2.63. The van der Waals surface area contributed by atoms with Gasteiger partial charge in [-0.3, -0.25) is 9.59 Å². The lowest BCUT2D eigenvalue weighted by Crippen LogP contribution is -2.45. The molecule has 3 aliphatic rings. The lowest BCUT2D eigenvalue weighted by Gasteiger charge is -2.37. The van der Waals surface area contributed by atoms with Crippen LogP contribution < -0.4 is 10.6 Å². The summed E-state index contributed by atoms with van der Waals surface area (Å²) in [5.74, 6) is -3.43. The van der Waals surface area contributed by atoms with E-state index in [1.54, 1.807) is 6.92 Å². The van der Waals surface area contributed by atoms with Gasteiger partial charge in [0.05, 0.1) is 23.2 Å². The van der Waals surface area contributed by atoms with Gasteiger partial charge in [-0.25, -0.2) is 13.2 Å². The Morgan fingerprint density at radius 1 is 1.21 bits per heavy atom. The van der Waals surface area contributed by atoms with Crippen molar-refractivity contribution in [3.63, 3.8) is 0 Å². The maximum absolute atomic E-state index is 15.1. The molecule has 1 aromatic carbocycles. The molecular formula is C24H30ClF3N2O4. The van der Waals surface area contributed by atoms with E-state index in [1.807, 2.05) is 0 Å². The van der Waals surface area contributed by atoms with Gasteiger partial charge in [0.2, 0.25) is 11.8 Å². The first kappa shape index (κ1) is 25.3. The highest BCUT2D eigenvalue weighted by molar-refractivity contribution is 6.30. The molecule has 10 heteroatoms. The first-order valence-electron chi connectivity index (χ1n) is 11.6. The van der Waals surface area contributed by atoms with E-state index >= 15 is 8.78 Å². The number of alkyl halides is 1. The van der Waals surface area contributed by atoms with Crippen molar-refractivity contribution in [3.05, 3.63) is 34.4 Å². The van der Waals surface area contributed by atoms with Crippen molar-refractivity contribution in [1.29, 1.82) is 0 Å². The van der Waals surface area contributed by atoms with Gasteiger partial charge in [-0.2, -0.15) is 0 Å². The van der Waals surface area contributed by atoms with Crippen LogP contribution in [0.25, 0.3) is 0 Å². The lowest BCUT2D eigenvalue weighted by molar-refractivity contribution is -0.131. The van der Waals surface area contributed by atoms with Gasteiger partial charge in [0, 0.05) is 18.6 Å². The van der Waals surface area contributed by atoms with Gasteiger partial charge in [0.1, 0.15) is 23.4 Å². The van der Waals surface area contributed by atoms with Crippen LogP contribution >= 0.6 is 11.6 Å². The Bertz CT molecular complexity index is 970. The molecule has 0 unspecified atom stereocenters. The quantitative estimate of drug-likeness (QED) is 0.496. The normalized spacial score (nSPS) is 34.1. The molecule has 2 amide bonds. The molecule has 0 spiro atoms. The van der Waals surface area contributed by atoms with Crippen LogP contribution in [0.5, 0.6) is 0 Å². The Labute approximate surface area is 201 Å². The molecule has 0 heterocycles. The minimum Gasteiger partial charge on any atom is -0.391 e. The number of hydrogen-bond acceptors (Lipinski definition) is 4. The summed E-state index contributed by atoms with van der Waals surface area (Å²) in [5, 5.41) is 15.6. The van der Waals surface area contributed by atoms with Crippen molar-refractivity contribution < 1.29 is 32.6 Å². The number of halogens is 4. The van der Waals surface area contributed by atoms with Gasteiger partial charge in [-0.15, -0.1) is 0 Å². The molecule has 34 heavy (non-hydrogen) atoms. The number of carbonyl (C=O) groups is 2. The van der Waals surface area contributed by atoms with E-state index < -0.39 is 64.7 Å². The van der Waals surface area contributed by atoms with Crippen LogP contribution in [0.4, 0.5) is 13.2 Å². The summed E-state index contributed by atoms with van der Waals surface area (Å²) in [4.78, 5) is 25.4. The van der Waals surface area contributed by atoms with E-state index in [9.17, 15) is 19.1 Å². The molecule has 5 atom stereocenters. The number of ether oxygens (including phenoxy) is 1. The third-order valence-electron chi connectivity index (χ3n) is 8.03. The summed E-state index contributed by atoms with van der Waals surface area (Å²) in [5.41, 5.74) is -2.58. The van der Waals surface area contributed by atoms with Gasteiger partial charge in [0.25, 0.3) is 0 Å². The van der Waals surface area contributed by atoms with Crippen molar-refractivity contribution in [2.75, 3.05) is 7.11 Å². The minimum absolute atomic E-state index is 0.0748. The van der Waals surface area contributed by atoms with E-state index in [4.69, 9.17) is 16.3 Å². The SMILES string of the molecule is CO[C@H](C)C(=O)N[C@H]1C[C@H](C(=O)N[C@H](c2c(F)ccc(Cl)c2F)C23CCC(F)(CC2)C3)C[C@H]1O. The van der Waals surface area contributed by atoms with Crippen LogP contribution in [0.2, 0.25) is 5.02 Å². The molecule has 0 saturated heterocycles. The minimum atomic E-state index is -1.40. The molecule has 188 valence electrons. The third kappa shape index (κ3) is 4.54. The summed E-state index contributed by atoms with van der Waals surface area (Å²) in [6.07, 6.45) is -0.0136. The molecular weight excluding hydrogens is 473 g/mol. The Balaban J connectivity index is 1.57. The molecule has 3 saturated carbocycles. The molecule has 3 N–H and O–H groups in total. The molecule has 0 radical (unpaired) electrons. The zero-order valence-electron chi connectivity index (χ0n) is 19.2. The topological polar surface area (TPSA) is 87.7 Å². The second-order valence-electron chi connectivity index (χ2n) is 10.1. The van der Waals surface area contributed by atoms with Gasteiger partial charge in [-0.05, 0) is 69.4 Å². The van der Waals surface area contributed by atoms with Crippen LogP contribution in [0, 0.1) is 23.0 Å². The number of rotatable bonds is 7. The summed E-state index contributed by atoms with van der Waals surface area (Å²) < 4.78 is 50.0. The summed E-state index contributed by atoms with van der Waals surface area (Å²) in [6.45, 7) is 1.56. The van der Waals surface area contributed by atoms with E-state index in [0.29, 0.717) is 12.8 Å². The predicted molar refractivity (Wildman–Crippen MR) is 119 cm³/mol. The predicted octanol–water partition coefficient (Wildman–Crippen LogP) is 3.74. The zero-order valence-corrected chi connectivity index (χ0v) is 19.9. The van der Waals surface area contributed by atoms with Gasteiger partial charge in [-0.1, -0.05) is 11.6 Å². The molecule has 4 rings (SSSR count). The molecule has 0 aliphatic heterocycles. The molecule has 0 aromatic heterocycles. The Morgan fingerprint density at radius 3 is 2.47 bits per heavy atom. The average molecular weight is 503 g/mol. The van der Waals surface area contributed by atoms with Crippen LogP contribution in [0.3, 0.4) is 0 Å². The number of methoxy groups -OCH3 is 1. The molecule has 2 bridgehead atoms. The number of amides is 2. The van der Waals surface area contributed by atoms with E-state index in [-0.39, 0.29) is 42.7 Å². The maximum Gasteiger partial charge on any atom is 0.249 e. The second-order valence-corrected chi connectivity index (χ2v) is 10.5. The summed E-state index contributed by atoms with van der Waals surface area (Å²) in [6, 6.07) is 0.397. The van der Waals surface area contributed by atoms with Gasteiger partial charge < -0.3 is 20.5 Å². The first-order chi connectivity index (χ1) is 16.0. The standard InChI is InChI=1S/C24H30ClF3N2O4/c1-12(34-2)21(32)29-16-9-13(10-17(16)31)22(33)30-20(18-15(26)4-3-14(25)19(18)27)23-5-7-24(28,11-23)8-6-23/h3-4,12-13,16-17,20,31H,5-11H2,1-2H3,(H,29,32)(H,30,33)/t12-,13+,16+,17-,20-,23?,24?/m1/s1. The Hall–Kier alpha value is -1.84. The van der Waals surface area contributed by atoms with Crippen molar-refractivity contribution in [3.8, 4) is 0 Å². The Morgan fingerprint density at radius 2 is 1.88 bits per heavy atom. The summed E-state index contributed by atoms with van der Waals surface area (Å²) in [7, 11) is 1.39. The van der Waals surface area contributed by atoms with Gasteiger partial charge in [0.15, 0.2) is 0 Å². The fourth-order valence-electron chi connectivity index (χ4n) is 5.96. The van der Waals surface area contributed by atoms with E-state index in [1.165, 1.54) is 7.11 Å². The number of aliphatic hydroxyl groups is 1. The molecule has 6 nitrogen and oxygen atoms in total. The number of fused-ring (bicyclic) bond motifs is 2. The number of benzene rings is 1. The Kier molecular flexibility index (Phi) is 6.92. The number of carbonyl (C=O) groups excluding carboxylic acids is 2. The van der Waals surface area contributed by atoms with Crippen molar-refractivity contribution in [2.24, 2.45) is 11.3 Å². The molecule has 1 aromatic rings. The van der Waals surface area contributed by atoms with Crippen LogP contribution in [0.15, 0.2) is 12.1 Å². The van der Waals surface area contributed by atoms with Crippen molar-refractivity contribution >= 4 is 23.4 Å². The zero-order chi connectivity index (χ0) is 24.8. The fourth-order valence-corrected chi connectivity index (χ4v) is 6.13. The summed E-state index contributed by atoms with van der Waals surface area (Å²) >= 11 is 5.94. The average Bonchev–Trinajstić information content (AvgIpc) is 3.46. The largest absolute Gasteiger partial charge is 0.391 e. The van der Waals surface area contributed by atoms with Gasteiger partial charge >= 0.3 is 0 Å². The highest BCUT2D eigenvalue weighted by atomic mass is 35.5.